The number of piperidine rings is 1. The number of rotatable bonds is 3. The van der Waals surface area contributed by atoms with Crippen LogP contribution in [0.4, 0.5) is 4.79 Å². The number of hydrogen-bond donors (Lipinski definition) is 0. The molecule has 1 aliphatic heterocycles. The van der Waals surface area contributed by atoms with E-state index in [1.54, 1.807) is 4.90 Å². The van der Waals surface area contributed by atoms with Crippen molar-refractivity contribution in [2.24, 2.45) is 17.8 Å². The monoisotopic (exact) mass is 331 g/mol. The second-order valence-corrected chi connectivity index (χ2v) is 7.77. The highest BCUT2D eigenvalue weighted by molar-refractivity contribution is 5.83. The maximum Gasteiger partial charge on any atom is 0.411 e. The van der Waals surface area contributed by atoms with Gasteiger partial charge in [-0.05, 0) is 44.1 Å². The molecule has 2 fully saturated rings. The number of carbonyl (C=O) groups is 2. The van der Waals surface area contributed by atoms with Crippen LogP contribution in [0.1, 0.15) is 33.3 Å². The minimum absolute atomic E-state index is 0.195. The van der Waals surface area contributed by atoms with Crippen molar-refractivity contribution >= 4 is 12.1 Å². The van der Waals surface area contributed by atoms with Gasteiger partial charge in [-0.15, -0.1) is 0 Å². The average molecular weight is 331 g/mol. The van der Waals surface area contributed by atoms with Crippen molar-refractivity contribution in [1.29, 1.82) is 0 Å². The number of ether oxygens (including phenoxy) is 2. The Bertz CT molecular complexity index is 622. The van der Waals surface area contributed by atoms with Crippen LogP contribution in [0.15, 0.2) is 30.3 Å². The highest BCUT2D eigenvalue weighted by Gasteiger charge is 2.63. The zero-order valence-corrected chi connectivity index (χ0v) is 14.7. The van der Waals surface area contributed by atoms with Gasteiger partial charge < -0.3 is 9.47 Å². The van der Waals surface area contributed by atoms with Gasteiger partial charge in [0.05, 0.1) is 0 Å². The molecule has 0 aromatic heterocycles. The Morgan fingerprint density at radius 2 is 1.88 bits per heavy atom. The summed E-state index contributed by atoms with van der Waals surface area (Å²) in [7, 11) is 0. The molecule has 5 heteroatoms. The van der Waals surface area contributed by atoms with E-state index in [4.69, 9.17) is 9.47 Å². The molecule has 0 spiro atoms. The zero-order chi connectivity index (χ0) is 17.5. The molecule has 130 valence electrons. The maximum atomic E-state index is 12.6. The Kier molecular flexibility index (Phi) is 4.28. The van der Waals surface area contributed by atoms with Crippen LogP contribution in [-0.4, -0.2) is 35.2 Å². The highest BCUT2D eigenvalue weighted by atomic mass is 16.6. The van der Waals surface area contributed by atoms with Crippen LogP contribution >= 0.6 is 0 Å². The molecule has 1 aromatic carbocycles. The van der Waals surface area contributed by atoms with Crippen LogP contribution in [0.5, 0.6) is 0 Å². The van der Waals surface area contributed by atoms with Crippen molar-refractivity contribution in [2.75, 3.05) is 6.54 Å². The van der Waals surface area contributed by atoms with Gasteiger partial charge in [0.1, 0.15) is 18.2 Å². The molecule has 1 aromatic rings. The maximum absolute atomic E-state index is 12.6. The molecule has 0 radical (unpaired) electrons. The van der Waals surface area contributed by atoms with Crippen LogP contribution in [-0.2, 0) is 20.9 Å². The first-order valence-electron chi connectivity index (χ1n) is 8.48. The number of amides is 1. The minimum Gasteiger partial charge on any atom is -0.459 e. The molecule has 1 aliphatic carbocycles. The summed E-state index contributed by atoms with van der Waals surface area (Å²) >= 11 is 0. The van der Waals surface area contributed by atoms with Gasteiger partial charge in [0.15, 0.2) is 0 Å². The fourth-order valence-electron chi connectivity index (χ4n) is 3.54. The van der Waals surface area contributed by atoms with Gasteiger partial charge in [-0.2, -0.15) is 0 Å². The van der Waals surface area contributed by atoms with Crippen LogP contribution in [0.25, 0.3) is 0 Å². The van der Waals surface area contributed by atoms with E-state index in [0.717, 1.165) is 5.56 Å². The summed E-state index contributed by atoms with van der Waals surface area (Å²) in [5.41, 5.74) is 0.363. The zero-order valence-electron chi connectivity index (χ0n) is 14.7. The van der Waals surface area contributed by atoms with E-state index in [-0.39, 0.29) is 18.5 Å². The lowest BCUT2D eigenvalue weighted by molar-refractivity contribution is -0.151. The third kappa shape index (κ3) is 3.40. The predicted octanol–water partition coefficient (Wildman–Crippen LogP) is 3.23. The third-order valence-electron chi connectivity index (χ3n) is 4.84. The normalized spacial score (nSPS) is 28.2. The average Bonchev–Trinajstić information content (AvgIpc) is 2.96. The largest absolute Gasteiger partial charge is 0.459 e. The SMILES string of the molecule is C[C@@H]1[C@@H]2CN(C(=O)OC(C)(C)C)[C@@H](C(=O)OCc3ccccc3)[C@H]12. The van der Waals surface area contributed by atoms with Crippen molar-refractivity contribution < 1.29 is 19.1 Å². The van der Waals surface area contributed by atoms with E-state index in [9.17, 15) is 9.59 Å². The molecular weight excluding hydrogens is 306 g/mol. The lowest BCUT2D eigenvalue weighted by atomic mass is 10.1. The fourth-order valence-corrected chi connectivity index (χ4v) is 3.54. The molecule has 1 saturated heterocycles. The second kappa shape index (κ2) is 6.11. The van der Waals surface area contributed by atoms with Gasteiger partial charge in [-0.1, -0.05) is 37.3 Å². The Morgan fingerprint density at radius 1 is 1.21 bits per heavy atom. The molecule has 1 saturated carbocycles. The van der Waals surface area contributed by atoms with Gasteiger partial charge in [-0.25, -0.2) is 9.59 Å². The summed E-state index contributed by atoms with van der Waals surface area (Å²) in [5.74, 6) is 0.701. The molecule has 0 bridgehead atoms. The van der Waals surface area contributed by atoms with E-state index in [0.29, 0.717) is 18.4 Å². The summed E-state index contributed by atoms with van der Waals surface area (Å²) in [6.07, 6.45) is -0.427. The van der Waals surface area contributed by atoms with Gasteiger partial charge in [0.2, 0.25) is 0 Å². The lowest BCUT2D eigenvalue weighted by Crippen LogP contribution is -2.47. The molecule has 2 aliphatic rings. The molecule has 4 atom stereocenters. The molecule has 24 heavy (non-hydrogen) atoms. The lowest BCUT2D eigenvalue weighted by Gasteiger charge is -2.30. The molecular formula is C19H25NO4. The van der Waals surface area contributed by atoms with Crippen LogP contribution in [0.3, 0.4) is 0 Å². The van der Waals surface area contributed by atoms with E-state index in [1.165, 1.54) is 0 Å². The third-order valence-corrected chi connectivity index (χ3v) is 4.84. The van der Waals surface area contributed by atoms with Crippen LogP contribution < -0.4 is 0 Å². The van der Waals surface area contributed by atoms with Gasteiger partial charge >= 0.3 is 12.1 Å². The summed E-state index contributed by atoms with van der Waals surface area (Å²) in [5, 5.41) is 0. The number of hydrogen-bond acceptors (Lipinski definition) is 4. The summed E-state index contributed by atoms with van der Waals surface area (Å²) < 4.78 is 10.9. The molecule has 0 unspecified atom stereocenters. The van der Waals surface area contributed by atoms with Crippen molar-refractivity contribution in [1.82, 2.24) is 4.90 Å². The summed E-state index contributed by atoms with van der Waals surface area (Å²) in [6.45, 7) is 8.41. The standard InChI is InChI=1S/C19H25NO4/c1-12-14-10-20(18(22)24-19(2,3)4)16(15(12)14)17(21)23-11-13-8-6-5-7-9-13/h5-9,12,14-16H,10-11H2,1-4H3/t12-,14+,15-,16-/m1/s1. The Balaban J connectivity index is 1.66. The minimum atomic E-state index is -0.575. The van der Waals surface area contributed by atoms with E-state index < -0.39 is 17.7 Å². The fraction of sp³-hybridized carbons (Fsp3) is 0.579. The van der Waals surface area contributed by atoms with Crippen LogP contribution in [0, 0.1) is 17.8 Å². The molecule has 1 heterocycles. The Hall–Kier alpha value is -2.04. The number of esters is 1. The topological polar surface area (TPSA) is 55.8 Å². The first-order valence-corrected chi connectivity index (χ1v) is 8.48. The molecule has 0 N–H and O–H groups in total. The van der Waals surface area contributed by atoms with E-state index >= 15 is 0 Å². The first-order chi connectivity index (χ1) is 11.3. The number of likely N-dealkylation sites (tertiary alicyclic amines) is 1. The molecule has 1 amide bonds. The van der Waals surface area contributed by atoms with Crippen LogP contribution in [0.2, 0.25) is 0 Å². The Labute approximate surface area is 142 Å². The van der Waals surface area contributed by atoms with Crippen molar-refractivity contribution in [3.63, 3.8) is 0 Å². The second-order valence-electron chi connectivity index (χ2n) is 7.77. The molecule has 5 nitrogen and oxygen atoms in total. The van der Waals surface area contributed by atoms with E-state index in [1.807, 2.05) is 51.1 Å². The van der Waals surface area contributed by atoms with Gasteiger partial charge in [0, 0.05) is 6.54 Å². The number of carbonyl (C=O) groups excluding carboxylic acids is 2. The van der Waals surface area contributed by atoms with E-state index in [2.05, 4.69) is 6.92 Å². The summed E-state index contributed by atoms with van der Waals surface area (Å²) in [4.78, 5) is 26.6. The van der Waals surface area contributed by atoms with Crippen molar-refractivity contribution in [3.05, 3.63) is 35.9 Å². The molecule has 3 rings (SSSR count). The quantitative estimate of drug-likeness (QED) is 0.798. The number of benzene rings is 1. The number of fused-ring (bicyclic) bond motifs is 1. The summed E-state index contributed by atoms with van der Waals surface area (Å²) in [6, 6.07) is 9.04. The number of nitrogens with zero attached hydrogens (tertiary/aromatic N) is 1. The van der Waals surface area contributed by atoms with Crippen molar-refractivity contribution in [3.8, 4) is 0 Å². The van der Waals surface area contributed by atoms with Gasteiger partial charge in [0.25, 0.3) is 0 Å². The first kappa shape index (κ1) is 16.8. The smallest absolute Gasteiger partial charge is 0.411 e. The predicted molar refractivity (Wildman–Crippen MR) is 89.1 cm³/mol. The highest BCUT2D eigenvalue weighted by Crippen LogP contribution is 2.55. The van der Waals surface area contributed by atoms with Gasteiger partial charge in [-0.3, -0.25) is 4.90 Å². The van der Waals surface area contributed by atoms with Crippen molar-refractivity contribution in [2.45, 2.75) is 45.9 Å². The Morgan fingerprint density at radius 3 is 2.50 bits per heavy atom.